The first kappa shape index (κ1) is 18.6. The summed E-state index contributed by atoms with van der Waals surface area (Å²) in [7, 11) is 3.77. The van der Waals surface area contributed by atoms with E-state index in [-0.39, 0.29) is 0 Å². The second kappa shape index (κ2) is 7.99. The van der Waals surface area contributed by atoms with E-state index in [1.165, 1.54) is 6.92 Å². The SMILES string of the molecule is C[C@H](OC(=O)c1cccc(N(C)C)c1)C(=O)Nc1ccc2c(c1)OCCO2. The van der Waals surface area contributed by atoms with Gasteiger partial charge in [-0.25, -0.2) is 4.79 Å². The van der Waals surface area contributed by atoms with Gasteiger partial charge in [0.15, 0.2) is 17.6 Å². The predicted molar refractivity (Wildman–Crippen MR) is 102 cm³/mol. The number of esters is 1. The highest BCUT2D eigenvalue weighted by molar-refractivity contribution is 5.97. The van der Waals surface area contributed by atoms with Crippen LogP contribution >= 0.6 is 0 Å². The molecule has 1 aliphatic heterocycles. The Morgan fingerprint density at radius 2 is 1.81 bits per heavy atom. The maximum Gasteiger partial charge on any atom is 0.338 e. The van der Waals surface area contributed by atoms with Crippen LogP contribution < -0.4 is 19.7 Å². The first-order valence-corrected chi connectivity index (χ1v) is 8.63. The average molecular weight is 370 g/mol. The summed E-state index contributed by atoms with van der Waals surface area (Å²) >= 11 is 0. The first-order chi connectivity index (χ1) is 12.9. The average Bonchev–Trinajstić information content (AvgIpc) is 2.67. The molecule has 0 unspecified atom stereocenters. The predicted octanol–water partition coefficient (Wildman–Crippen LogP) is 2.71. The molecule has 2 aromatic carbocycles. The van der Waals surface area contributed by atoms with Gasteiger partial charge in [-0.15, -0.1) is 0 Å². The van der Waals surface area contributed by atoms with Gasteiger partial charge in [0.1, 0.15) is 13.2 Å². The monoisotopic (exact) mass is 370 g/mol. The van der Waals surface area contributed by atoms with E-state index in [1.807, 2.05) is 25.1 Å². The molecule has 3 rings (SSSR count). The quantitative estimate of drug-likeness (QED) is 0.816. The smallest absolute Gasteiger partial charge is 0.338 e. The molecule has 142 valence electrons. The Morgan fingerprint density at radius 3 is 2.56 bits per heavy atom. The maximum absolute atomic E-state index is 12.4. The van der Waals surface area contributed by atoms with Gasteiger partial charge >= 0.3 is 5.97 Å². The molecule has 1 aliphatic rings. The fourth-order valence-corrected chi connectivity index (χ4v) is 2.56. The van der Waals surface area contributed by atoms with Gasteiger partial charge in [-0.1, -0.05) is 6.07 Å². The van der Waals surface area contributed by atoms with E-state index in [1.54, 1.807) is 36.4 Å². The van der Waals surface area contributed by atoms with Crippen molar-refractivity contribution >= 4 is 23.3 Å². The maximum atomic E-state index is 12.4. The van der Waals surface area contributed by atoms with Crippen molar-refractivity contribution in [3.8, 4) is 11.5 Å². The van der Waals surface area contributed by atoms with Crippen LogP contribution in [0.4, 0.5) is 11.4 Å². The van der Waals surface area contributed by atoms with Crippen LogP contribution in [0.1, 0.15) is 17.3 Å². The lowest BCUT2D eigenvalue weighted by Crippen LogP contribution is -2.30. The second-order valence-corrected chi connectivity index (χ2v) is 6.34. The Kier molecular flexibility index (Phi) is 5.49. The topological polar surface area (TPSA) is 77.1 Å². The van der Waals surface area contributed by atoms with Crippen molar-refractivity contribution in [2.45, 2.75) is 13.0 Å². The van der Waals surface area contributed by atoms with Crippen LogP contribution in [0.2, 0.25) is 0 Å². The lowest BCUT2D eigenvalue weighted by molar-refractivity contribution is -0.123. The number of nitrogens with zero attached hydrogens (tertiary/aromatic N) is 1. The molecule has 0 aromatic heterocycles. The van der Waals surface area contributed by atoms with Crippen LogP contribution in [0.15, 0.2) is 42.5 Å². The molecule has 1 N–H and O–H groups in total. The van der Waals surface area contributed by atoms with E-state index in [0.717, 1.165) is 5.69 Å². The van der Waals surface area contributed by atoms with Crippen molar-refractivity contribution in [2.75, 3.05) is 37.5 Å². The molecule has 1 atom stereocenters. The van der Waals surface area contributed by atoms with Gasteiger partial charge in [0.05, 0.1) is 5.56 Å². The molecule has 0 aliphatic carbocycles. The number of carbonyl (C=O) groups excluding carboxylic acids is 2. The van der Waals surface area contributed by atoms with Gasteiger partial charge in [-0.3, -0.25) is 4.79 Å². The highest BCUT2D eigenvalue weighted by Gasteiger charge is 2.20. The van der Waals surface area contributed by atoms with E-state index in [9.17, 15) is 9.59 Å². The van der Waals surface area contributed by atoms with E-state index >= 15 is 0 Å². The Labute approximate surface area is 157 Å². The summed E-state index contributed by atoms with van der Waals surface area (Å²) in [5, 5.41) is 2.72. The van der Waals surface area contributed by atoms with Gasteiger partial charge < -0.3 is 24.4 Å². The minimum absolute atomic E-state index is 0.389. The number of carbonyl (C=O) groups is 2. The number of ether oxygens (including phenoxy) is 3. The summed E-state index contributed by atoms with van der Waals surface area (Å²) in [6, 6.07) is 12.1. The summed E-state index contributed by atoms with van der Waals surface area (Å²) in [6.07, 6.45) is -0.950. The van der Waals surface area contributed by atoms with Crippen LogP contribution in [0.3, 0.4) is 0 Å². The Bertz CT molecular complexity index is 850. The summed E-state index contributed by atoms with van der Waals surface area (Å²) in [4.78, 5) is 26.6. The summed E-state index contributed by atoms with van der Waals surface area (Å²) in [5.74, 6) is 0.232. The molecule has 1 amide bonds. The lowest BCUT2D eigenvalue weighted by atomic mass is 10.2. The largest absolute Gasteiger partial charge is 0.486 e. The third-order valence-corrected chi connectivity index (χ3v) is 4.06. The van der Waals surface area contributed by atoms with Crippen molar-refractivity contribution in [3.05, 3.63) is 48.0 Å². The van der Waals surface area contributed by atoms with Crippen LogP contribution in [0.25, 0.3) is 0 Å². The highest BCUT2D eigenvalue weighted by atomic mass is 16.6. The molecule has 1 heterocycles. The fraction of sp³-hybridized carbons (Fsp3) is 0.300. The fourth-order valence-electron chi connectivity index (χ4n) is 2.56. The summed E-state index contributed by atoms with van der Waals surface area (Å²) in [6.45, 7) is 2.49. The molecule has 0 fully saturated rings. The van der Waals surface area contributed by atoms with Gasteiger partial charge in [0.2, 0.25) is 0 Å². The number of nitrogens with one attached hydrogen (secondary N) is 1. The Morgan fingerprint density at radius 1 is 1.07 bits per heavy atom. The number of rotatable bonds is 5. The van der Waals surface area contributed by atoms with E-state index < -0.39 is 18.0 Å². The number of benzene rings is 2. The van der Waals surface area contributed by atoms with Crippen molar-refractivity contribution in [1.29, 1.82) is 0 Å². The first-order valence-electron chi connectivity index (χ1n) is 8.63. The molecule has 2 aromatic rings. The number of fused-ring (bicyclic) bond motifs is 1. The third-order valence-electron chi connectivity index (χ3n) is 4.06. The zero-order valence-corrected chi connectivity index (χ0v) is 15.5. The van der Waals surface area contributed by atoms with Crippen LogP contribution in [0, 0.1) is 0 Å². The number of hydrogen-bond acceptors (Lipinski definition) is 6. The molecule has 7 heteroatoms. The van der Waals surface area contributed by atoms with Gasteiger partial charge in [0, 0.05) is 31.5 Å². The van der Waals surface area contributed by atoms with Crippen LogP contribution in [0.5, 0.6) is 11.5 Å². The molecule has 0 bridgehead atoms. The van der Waals surface area contributed by atoms with E-state index in [2.05, 4.69) is 5.32 Å². The lowest BCUT2D eigenvalue weighted by Gasteiger charge is -2.19. The van der Waals surface area contributed by atoms with Crippen molar-refractivity contribution in [2.24, 2.45) is 0 Å². The van der Waals surface area contributed by atoms with Crippen molar-refractivity contribution in [3.63, 3.8) is 0 Å². The standard InChI is InChI=1S/C20H22N2O5/c1-13(27-20(24)14-5-4-6-16(11-14)22(2)3)19(23)21-15-7-8-17-18(12-15)26-10-9-25-17/h4-8,11-13H,9-10H2,1-3H3,(H,21,23)/t13-/m0/s1. The minimum Gasteiger partial charge on any atom is -0.486 e. The molecular weight excluding hydrogens is 348 g/mol. The zero-order chi connectivity index (χ0) is 19.4. The normalized spacial score (nSPS) is 13.4. The molecule has 0 saturated carbocycles. The molecular formula is C20H22N2O5. The van der Waals surface area contributed by atoms with E-state index in [0.29, 0.717) is 36.0 Å². The number of amides is 1. The van der Waals surface area contributed by atoms with Gasteiger partial charge in [0.25, 0.3) is 5.91 Å². The summed E-state index contributed by atoms with van der Waals surface area (Å²) in [5.41, 5.74) is 1.81. The van der Waals surface area contributed by atoms with Crippen LogP contribution in [-0.2, 0) is 9.53 Å². The summed E-state index contributed by atoms with van der Waals surface area (Å²) < 4.78 is 16.2. The Balaban J connectivity index is 1.62. The van der Waals surface area contributed by atoms with Gasteiger partial charge in [-0.05, 0) is 37.3 Å². The van der Waals surface area contributed by atoms with Gasteiger partial charge in [-0.2, -0.15) is 0 Å². The van der Waals surface area contributed by atoms with Crippen LogP contribution in [-0.4, -0.2) is 45.3 Å². The Hall–Kier alpha value is -3.22. The minimum atomic E-state index is -0.950. The molecule has 27 heavy (non-hydrogen) atoms. The highest BCUT2D eigenvalue weighted by Crippen LogP contribution is 2.32. The molecule has 0 radical (unpaired) electrons. The molecule has 0 saturated heterocycles. The van der Waals surface area contributed by atoms with Crippen molar-refractivity contribution in [1.82, 2.24) is 0 Å². The third kappa shape index (κ3) is 4.49. The zero-order valence-electron chi connectivity index (χ0n) is 15.5. The number of anilines is 2. The second-order valence-electron chi connectivity index (χ2n) is 6.34. The van der Waals surface area contributed by atoms with E-state index in [4.69, 9.17) is 14.2 Å². The molecule has 0 spiro atoms. The number of hydrogen-bond donors (Lipinski definition) is 1. The van der Waals surface area contributed by atoms with Crippen molar-refractivity contribution < 1.29 is 23.8 Å². The molecule has 7 nitrogen and oxygen atoms in total.